The quantitative estimate of drug-likeness (QED) is 0.283. The molecule has 4 atom stereocenters. The molecule has 2 heterocycles. The third kappa shape index (κ3) is 9.91. The summed E-state index contributed by atoms with van der Waals surface area (Å²) in [5.74, 6) is -2.02. The molecule has 1 fully saturated rings. The van der Waals surface area contributed by atoms with Crippen molar-refractivity contribution in [3.63, 3.8) is 0 Å². The first-order valence-corrected chi connectivity index (χ1v) is 16.5. The zero-order valence-electron chi connectivity index (χ0n) is 28.8. The van der Waals surface area contributed by atoms with Crippen molar-refractivity contribution >= 4 is 29.5 Å². The molecule has 5 amide bonds. The van der Waals surface area contributed by atoms with Gasteiger partial charge in [-0.1, -0.05) is 75.3 Å². The standard InChI is InChI=1S/C36H46N6O7/c1-21(2)16-28-35(46)40-29(17-24-12-14-26(48-6)15-13-24)34(45)38-23(5)33(44)41-30(22(3)4)19-42(20-31(43)39-28)36(47)27-18-37-49-32(27)25-10-8-7-9-11-25/h7-15,18,21-23,28-30H,16-17,19-20H2,1-6H3,(H,38,45)(H,39,43)(H,40,46)(H,41,44)/t23-,28+,29+,30-/m1/s1. The molecule has 49 heavy (non-hydrogen) atoms. The van der Waals surface area contributed by atoms with Crippen molar-refractivity contribution in [1.82, 2.24) is 31.3 Å². The minimum atomic E-state index is -1.06. The first-order chi connectivity index (χ1) is 23.4. The summed E-state index contributed by atoms with van der Waals surface area (Å²) in [6.07, 6.45) is 1.70. The van der Waals surface area contributed by atoms with Crippen molar-refractivity contribution in [2.24, 2.45) is 11.8 Å². The van der Waals surface area contributed by atoms with Crippen molar-refractivity contribution in [3.8, 4) is 17.1 Å². The number of rotatable bonds is 8. The molecule has 1 saturated heterocycles. The molecule has 1 aromatic heterocycles. The van der Waals surface area contributed by atoms with Crippen molar-refractivity contribution in [1.29, 1.82) is 0 Å². The lowest BCUT2D eigenvalue weighted by atomic mass is 10.0. The number of hydrogen-bond donors (Lipinski definition) is 4. The second-order valence-corrected chi connectivity index (χ2v) is 13.1. The number of benzene rings is 2. The van der Waals surface area contributed by atoms with Crippen LogP contribution in [0, 0.1) is 11.8 Å². The van der Waals surface area contributed by atoms with E-state index in [0.717, 1.165) is 5.56 Å². The molecule has 3 aromatic rings. The van der Waals surface area contributed by atoms with E-state index in [4.69, 9.17) is 9.26 Å². The van der Waals surface area contributed by atoms with E-state index in [2.05, 4.69) is 26.4 Å². The van der Waals surface area contributed by atoms with Gasteiger partial charge in [0, 0.05) is 24.6 Å². The van der Waals surface area contributed by atoms with Crippen LogP contribution in [0.4, 0.5) is 0 Å². The summed E-state index contributed by atoms with van der Waals surface area (Å²) in [7, 11) is 1.55. The molecular formula is C36H46N6O7. The average Bonchev–Trinajstić information content (AvgIpc) is 3.56. The number of nitrogens with zero attached hydrogens (tertiary/aromatic N) is 2. The number of ether oxygens (including phenoxy) is 1. The summed E-state index contributed by atoms with van der Waals surface area (Å²) in [5, 5.41) is 15.2. The molecule has 1 aliphatic heterocycles. The molecule has 13 heteroatoms. The summed E-state index contributed by atoms with van der Waals surface area (Å²) in [5.41, 5.74) is 1.52. The highest BCUT2D eigenvalue weighted by Crippen LogP contribution is 2.25. The molecule has 1 aliphatic rings. The highest BCUT2D eigenvalue weighted by atomic mass is 16.5. The Balaban J connectivity index is 1.69. The fourth-order valence-corrected chi connectivity index (χ4v) is 5.52. The lowest BCUT2D eigenvalue weighted by Crippen LogP contribution is -2.57. The number of hydrogen-bond acceptors (Lipinski definition) is 8. The Labute approximate surface area is 286 Å². The van der Waals surface area contributed by atoms with E-state index in [0.29, 0.717) is 11.3 Å². The summed E-state index contributed by atoms with van der Waals surface area (Å²) >= 11 is 0. The smallest absolute Gasteiger partial charge is 0.260 e. The van der Waals surface area contributed by atoms with E-state index in [9.17, 15) is 24.0 Å². The largest absolute Gasteiger partial charge is 0.497 e. The third-order valence-corrected chi connectivity index (χ3v) is 8.35. The Hall–Kier alpha value is -5.20. The van der Waals surface area contributed by atoms with Gasteiger partial charge >= 0.3 is 0 Å². The normalized spacial score (nSPS) is 21.3. The number of methoxy groups -OCH3 is 1. The van der Waals surface area contributed by atoms with Gasteiger partial charge in [-0.3, -0.25) is 24.0 Å². The molecule has 2 aromatic carbocycles. The number of aromatic nitrogens is 1. The Kier molecular flexibility index (Phi) is 12.5. The first-order valence-electron chi connectivity index (χ1n) is 16.5. The SMILES string of the molecule is COc1ccc(C[C@@H]2NC(=O)[C@H](CC(C)C)NC(=O)CN(C(=O)c3cnoc3-c3ccccc3)C[C@H](C(C)C)NC(=O)[C@@H](C)NC2=O)cc1. The number of amides is 5. The topological polar surface area (TPSA) is 172 Å². The van der Waals surface area contributed by atoms with Crippen LogP contribution in [-0.4, -0.2) is 84.0 Å². The second-order valence-electron chi connectivity index (χ2n) is 13.1. The van der Waals surface area contributed by atoms with Crippen LogP contribution in [0.3, 0.4) is 0 Å². The van der Waals surface area contributed by atoms with Crippen LogP contribution in [0.25, 0.3) is 11.3 Å². The summed E-state index contributed by atoms with van der Waals surface area (Å²) in [6.45, 7) is 8.68. The molecular weight excluding hydrogens is 628 g/mol. The summed E-state index contributed by atoms with van der Waals surface area (Å²) < 4.78 is 10.7. The average molecular weight is 675 g/mol. The molecule has 0 bridgehead atoms. The zero-order valence-corrected chi connectivity index (χ0v) is 28.8. The fourth-order valence-electron chi connectivity index (χ4n) is 5.52. The predicted molar refractivity (Wildman–Crippen MR) is 182 cm³/mol. The van der Waals surface area contributed by atoms with Crippen LogP contribution in [0.2, 0.25) is 0 Å². The molecule has 4 rings (SSSR count). The van der Waals surface area contributed by atoms with E-state index in [-0.39, 0.29) is 42.5 Å². The van der Waals surface area contributed by atoms with Crippen molar-refractivity contribution in [3.05, 3.63) is 71.9 Å². The summed E-state index contributed by atoms with van der Waals surface area (Å²) in [4.78, 5) is 70.0. The van der Waals surface area contributed by atoms with Crippen molar-refractivity contribution in [2.75, 3.05) is 20.2 Å². The predicted octanol–water partition coefficient (Wildman–Crippen LogP) is 2.71. The Morgan fingerprint density at radius 2 is 1.57 bits per heavy atom. The maximum absolute atomic E-state index is 14.1. The minimum absolute atomic E-state index is 0.00216. The first kappa shape index (κ1) is 36.6. The van der Waals surface area contributed by atoms with Crippen LogP contribution in [0.5, 0.6) is 5.75 Å². The molecule has 4 N–H and O–H groups in total. The third-order valence-electron chi connectivity index (χ3n) is 8.35. The van der Waals surface area contributed by atoms with Crippen LogP contribution in [-0.2, 0) is 25.6 Å². The lowest BCUT2D eigenvalue weighted by Gasteiger charge is -2.31. The highest BCUT2D eigenvalue weighted by molar-refractivity contribution is 6.01. The van der Waals surface area contributed by atoms with Crippen LogP contribution in [0.1, 0.15) is 57.0 Å². The van der Waals surface area contributed by atoms with Crippen LogP contribution in [0.15, 0.2) is 65.3 Å². The van der Waals surface area contributed by atoms with Gasteiger partial charge < -0.3 is 35.4 Å². The zero-order chi connectivity index (χ0) is 35.7. The molecule has 0 unspecified atom stereocenters. The second kappa shape index (κ2) is 16.8. The fraction of sp³-hybridized carbons (Fsp3) is 0.444. The highest BCUT2D eigenvalue weighted by Gasteiger charge is 2.33. The van der Waals surface area contributed by atoms with Gasteiger partial charge in [0.1, 0.15) is 29.4 Å². The van der Waals surface area contributed by atoms with Crippen LogP contribution < -0.4 is 26.0 Å². The Bertz CT molecular complexity index is 1610. The van der Waals surface area contributed by atoms with Gasteiger partial charge in [0.2, 0.25) is 23.6 Å². The molecule has 0 saturated carbocycles. The summed E-state index contributed by atoms with van der Waals surface area (Å²) in [6, 6.07) is 12.4. The van der Waals surface area contributed by atoms with Gasteiger partial charge in [-0.15, -0.1) is 0 Å². The maximum atomic E-state index is 14.1. The van der Waals surface area contributed by atoms with E-state index in [1.54, 1.807) is 62.6 Å². The monoisotopic (exact) mass is 674 g/mol. The van der Waals surface area contributed by atoms with E-state index in [1.807, 2.05) is 33.8 Å². The molecule has 0 radical (unpaired) electrons. The van der Waals surface area contributed by atoms with Gasteiger partial charge in [0.15, 0.2) is 5.76 Å². The molecule has 0 aliphatic carbocycles. The van der Waals surface area contributed by atoms with Crippen molar-refractivity contribution in [2.45, 2.75) is 71.6 Å². The molecule has 13 nitrogen and oxygen atoms in total. The number of carbonyl (C=O) groups excluding carboxylic acids is 5. The number of nitrogens with one attached hydrogen (secondary N) is 4. The van der Waals surface area contributed by atoms with Crippen LogP contribution >= 0.6 is 0 Å². The van der Waals surface area contributed by atoms with E-state index < -0.39 is 60.2 Å². The van der Waals surface area contributed by atoms with Gasteiger partial charge in [-0.25, -0.2) is 0 Å². The van der Waals surface area contributed by atoms with Gasteiger partial charge in [-0.2, -0.15) is 0 Å². The maximum Gasteiger partial charge on any atom is 0.260 e. The Morgan fingerprint density at radius 3 is 2.20 bits per heavy atom. The van der Waals surface area contributed by atoms with Gasteiger partial charge in [0.25, 0.3) is 5.91 Å². The van der Waals surface area contributed by atoms with Crippen molar-refractivity contribution < 1.29 is 33.2 Å². The van der Waals surface area contributed by atoms with E-state index in [1.165, 1.54) is 11.1 Å². The minimum Gasteiger partial charge on any atom is -0.497 e. The Morgan fingerprint density at radius 1 is 0.898 bits per heavy atom. The number of carbonyl (C=O) groups is 5. The molecule has 262 valence electrons. The van der Waals surface area contributed by atoms with Gasteiger partial charge in [0.05, 0.1) is 19.9 Å². The van der Waals surface area contributed by atoms with E-state index >= 15 is 0 Å². The van der Waals surface area contributed by atoms with Gasteiger partial charge in [-0.05, 0) is 42.9 Å². The lowest BCUT2D eigenvalue weighted by molar-refractivity contribution is -0.133. The molecule has 0 spiro atoms.